The number of hydrogen-bond acceptors (Lipinski definition) is 13. The highest BCUT2D eigenvalue weighted by Crippen LogP contribution is 2.41. The Morgan fingerprint density at radius 3 is 2.61 bits per heavy atom. The second kappa shape index (κ2) is 9.32. The molecule has 2 aliphatic rings. The van der Waals surface area contributed by atoms with Gasteiger partial charge >= 0.3 is 5.97 Å². The Morgan fingerprint density at radius 2 is 1.97 bits per heavy atom. The van der Waals surface area contributed by atoms with Crippen molar-refractivity contribution in [3.8, 4) is 0 Å². The van der Waals surface area contributed by atoms with Gasteiger partial charge in [-0.25, -0.2) is 4.79 Å². The highest BCUT2D eigenvalue weighted by atomic mass is 32.2. The van der Waals surface area contributed by atoms with Crippen LogP contribution in [-0.4, -0.2) is 76.9 Å². The highest BCUT2D eigenvalue weighted by molar-refractivity contribution is 8.02. The Hall–Kier alpha value is -1.88. The lowest BCUT2D eigenvalue weighted by Crippen LogP contribution is -2.70. The fraction of sp³-hybridized carbons (Fsp3) is 0.400. The Bertz CT molecular complexity index is 1070. The van der Waals surface area contributed by atoms with Crippen LogP contribution < -0.4 is 11.1 Å². The second-order valence-corrected chi connectivity index (χ2v) is 12.0. The van der Waals surface area contributed by atoms with E-state index in [4.69, 9.17) is 5.73 Å². The topological polar surface area (TPSA) is 164 Å². The number of aromatic nitrogens is 4. The van der Waals surface area contributed by atoms with Crippen LogP contribution in [0.2, 0.25) is 0 Å². The summed E-state index contributed by atoms with van der Waals surface area (Å²) in [4.78, 5) is 38.1. The number of anilines is 1. The minimum atomic E-state index is -1.16. The van der Waals surface area contributed by atoms with E-state index in [1.165, 1.54) is 62.9 Å². The van der Waals surface area contributed by atoms with Gasteiger partial charge in [0, 0.05) is 11.5 Å². The van der Waals surface area contributed by atoms with Gasteiger partial charge in [0.2, 0.25) is 11.0 Å². The molecule has 2 aromatic heterocycles. The monoisotopic (exact) mass is 517 g/mol. The van der Waals surface area contributed by atoms with E-state index in [0.29, 0.717) is 26.6 Å². The molecule has 0 aliphatic carbocycles. The van der Waals surface area contributed by atoms with Crippen molar-refractivity contribution in [3.63, 3.8) is 0 Å². The smallest absolute Gasteiger partial charge is 0.352 e. The minimum Gasteiger partial charge on any atom is -0.477 e. The fourth-order valence-corrected chi connectivity index (χ4v) is 7.65. The molecular formula is C15H15N7O4S5. The first-order valence-electron chi connectivity index (χ1n) is 8.67. The number of aliphatic carboxylic acids is 1. The van der Waals surface area contributed by atoms with E-state index >= 15 is 0 Å². The lowest BCUT2D eigenvalue weighted by atomic mass is 10.0. The Kier molecular flexibility index (Phi) is 6.71. The third-order valence-electron chi connectivity index (χ3n) is 4.19. The summed E-state index contributed by atoms with van der Waals surface area (Å²) in [6, 6.07) is -0.757. The largest absolute Gasteiger partial charge is 0.477 e. The number of hydrogen-bond donors (Lipinski definition) is 3. The summed E-state index contributed by atoms with van der Waals surface area (Å²) in [5, 5.41) is 28.6. The van der Waals surface area contributed by atoms with Crippen molar-refractivity contribution in [2.45, 2.75) is 27.0 Å². The molecule has 2 amide bonds. The summed E-state index contributed by atoms with van der Waals surface area (Å²) < 4.78 is 1.31. The molecule has 1 unspecified atom stereocenters. The van der Waals surface area contributed by atoms with Gasteiger partial charge in [-0.1, -0.05) is 46.2 Å². The van der Waals surface area contributed by atoms with E-state index in [1.54, 1.807) is 0 Å². The maximum Gasteiger partial charge on any atom is 0.352 e. The SMILES string of the molecule is Cc1nnc(SCC2=C(C(=O)O)N3C(=O)C(NC(=O)CSc4nnc(N)s4)[C@@H]3SC2)s1. The maximum absolute atomic E-state index is 12.7. The molecule has 164 valence electrons. The standard InChI is InChI=1S/C15H15N7O4S5/c1-5-18-20-14(30-5)28-3-6-2-27-11-8(10(24)22(11)9(6)12(25)26)17-7(23)4-29-15-21-19-13(16)31-15/h8,11H,2-4H2,1H3,(H2,16,19)(H,17,23)(H,25,26)/t8?,11-/m0/s1. The number of carbonyl (C=O) groups excluding carboxylic acids is 2. The normalized spacial score (nSPS) is 20.4. The molecule has 1 saturated heterocycles. The number of nitrogen functional groups attached to an aromatic ring is 1. The number of amides is 2. The predicted molar refractivity (Wildman–Crippen MR) is 120 cm³/mol. The van der Waals surface area contributed by atoms with Gasteiger partial charge in [-0.3, -0.25) is 14.5 Å². The van der Waals surface area contributed by atoms with Gasteiger partial charge in [-0.2, -0.15) is 0 Å². The van der Waals surface area contributed by atoms with Gasteiger partial charge in [0.05, 0.1) is 5.75 Å². The maximum atomic E-state index is 12.7. The van der Waals surface area contributed by atoms with Crippen molar-refractivity contribution in [2.24, 2.45) is 0 Å². The zero-order valence-corrected chi connectivity index (χ0v) is 19.9. The predicted octanol–water partition coefficient (Wildman–Crippen LogP) is 0.903. The number of β-lactam (4-membered cyclic amide) rings is 1. The molecule has 11 nitrogen and oxygen atoms in total. The van der Waals surface area contributed by atoms with Crippen molar-refractivity contribution in [3.05, 3.63) is 16.3 Å². The Labute approximate surface area is 196 Å². The number of carbonyl (C=O) groups is 3. The van der Waals surface area contributed by atoms with Crippen molar-refractivity contribution in [2.75, 3.05) is 23.0 Å². The van der Waals surface area contributed by atoms with Crippen LogP contribution in [0, 0.1) is 6.92 Å². The van der Waals surface area contributed by atoms with Crippen LogP contribution in [0.25, 0.3) is 0 Å². The van der Waals surface area contributed by atoms with Crippen LogP contribution in [0.15, 0.2) is 19.9 Å². The first-order chi connectivity index (χ1) is 14.8. The fourth-order valence-electron chi connectivity index (χ4n) is 2.90. The molecular weight excluding hydrogens is 503 g/mol. The van der Waals surface area contributed by atoms with E-state index < -0.39 is 23.3 Å². The zero-order valence-electron chi connectivity index (χ0n) is 15.8. The van der Waals surface area contributed by atoms with Gasteiger partial charge in [-0.15, -0.1) is 32.2 Å². The lowest BCUT2D eigenvalue weighted by Gasteiger charge is -2.49. The number of nitrogens with zero attached hydrogens (tertiary/aromatic N) is 5. The second-order valence-electron chi connectivity index (χ2n) is 6.28. The van der Waals surface area contributed by atoms with Gasteiger partial charge in [0.25, 0.3) is 5.91 Å². The molecule has 2 atom stereocenters. The number of carboxylic acids is 1. The van der Waals surface area contributed by atoms with Crippen LogP contribution in [-0.2, 0) is 14.4 Å². The summed E-state index contributed by atoms with van der Waals surface area (Å²) in [5.74, 6) is -1.02. The summed E-state index contributed by atoms with van der Waals surface area (Å²) in [7, 11) is 0. The molecule has 0 spiro atoms. The third-order valence-corrected chi connectivity index (χ3v) is 9.48. The summed E-state index contributed by atoms with van der Waals surface area (Å²) in [5.41, 5.74) is 6.15. The van der Waals surface area contributed by atoms with Crippen LogP contribution >= 0.6 is 58.0 Å². The van der Waals surface area contributed by atoms with Crippen LogP contribution in [0.1, 0.15) is 5.01 Å². The average Bonchev–Trinajstić information content (AvgIpc) is 3.35. The summed E-state index contributed by atoms with van der Waals surface area (Å²) in [6.07, 6.45) is 0. The average molecular weight is 518 g/mol. The molecule has 2 aromatic rings. The number of aryl methyl sites for hydroxylation is 1. The van der Waals surface area contributed by atoms with Gasteiger partial charge < -0.3 is 16.2 Å². The molecule has 4 rings (SSSR count). The van der Waals surface area contributed by atoms with Crippen LogP contribution in [0.3, 0.4) is 0 Å². The number of thioether (sulfide) groups is 3. The molecule has 16 heteroatoms. The minimum absolute atomic E-state index is 0.00769. The Balaban J connectivity index is 1.38. The van der Waals surface area contributed by atoms with E-state index in [-0.39, 0.29) is 17.4 Å². The third kappa shape index (κ3) is 4.82. The summed E-state index contributed by atoms with van der Waals surface area (Å²) >= 11 is 6.61. The molecule has 0 radical (unpaired) electrons. The van der Waals surface area contributed by atoms with Gasteiger partial charge in [0.15, 0.2) is 8.68 Å². The molecule has 0 bridgehead atoms. The first-order valence-corrected chi connectivity index (χ1v) is 13.3. The lowest BCUT2D eigenvalue weighted by molar-refractivity contribution is -0.150. The van der Waals surface area contributed by atoms with E-state index in [0.717, 1.165) is 9.35 Å². The molecule has 1 fully saturated rings. The molecule has 4 N–H and O–H groups in total. The number of carboxylic acid groups (broad SMARTS) is 1. The number of fused-ring (bicyclic) bond motifs is 1. The van der Waals surface area contributed by atoms with Crippen molar-refractivity contribution >= 4 is 80.9 Å². The zero-order chi connectivity index (χ0) is 22.1. The number of rotatable bonds is 8. The van der Waals surface area contributed by atoms with Crippen LogP contribution in [0.5, 0.6) is 0 Å². The van der Waals surface area contributed by atoms with Gasteiger partial charge in [-0.05, 0) is 12.5 Å². The van der Waals surface area contributed by atoms with E-state index in [2.05, 4.69) is 25.7 Å². The summed E-state index contributed by atoms with van der Waals surface area (Å²) in [6.45, 7) is 1.85. The van der Waals surface area contributed by atoms with E-state index in [1.807, 2.05) is 6.92 Å². The number of nitrogens with two attached hydrogens (primary N) is 1. The first kappa shape index (κ1) is 22.3. The van der Waals surface area contributed by atoms with Crippen molar-refractivity contribution in [1.29, 1.82) is 0 Å². The van der Waals surface area contributed by atoms with Gasteiger partial charge in [0.1, 0.15) is 22.1 Å². The molecule has 0 aromatic carbocycles. The molecule has 0 saturated carbocycles. The van der Waals surface area contributed by atoms with E-state index in [9.17, 15) is 19.5 Å². The molecule has 31 heavy (non-hydrogen) atoms. The van der Waals surface area contributed by atoms with Crippen molar-refractivity contribution in [1.82, 2.24) is 30.6 Å². The molecule has 4 heterocycles. The molecule has 2 aliphatic heterocycles. The highest BCUT2D eigenvalue weighted by Gasteiger charge is 2.54. The van der Waals surface area contributed by atoms with Crippen LogP contribution in [0.4, 0.5) is 5.13 Å². The van der Waals surface area contributed by atoms with Crippen molar-refractivity contribution < 1.29 is 19.5 Å². The number of nitrogens with one attached hydrogen (secondary N) is 1. The Morgan fingerprint density at radius 1 is 1.23 bits per heavy atom. The quantitative estimate of drug-likeness (QED) is 0.335.